The molecule has 31 heavy (non-hydrogen) atoms. The Morgan fingerprint density at radius 3 is 2.35 bits per heavy atom. The number of pyridine rings is 1. The molecule has 2 atom stereocenters. The predicted molar refractivity (Wildman–Crippen MR) is 106 cm³/mol. The smallest absolute Gasteiger partial charge is 0.434 e. The van der Waals surface area contributed by atoms with Crippen molar-refractivity contribution >= 4 is 11.9 Å². The quantitative estimate of drug-likeness (QED) is 0.619. The molecule has 2 unspecified atom stereocenters. The highest BCUT2D eigenvalue weighted by Crippen LogP contribution is 2.40. The lowest BCUT2D eigenvalue weighted by molar-refractivity contribution is -0.141. The summed E-state index contributed by atoms with van der Waals surface area (Å²) in [5.74, 6) is -1.12. The fourth-order valence-electron chi connectivity index (χ4n) is 4.74. The summed E-state index contributed by atoms with van der Waals surface area (Å²) in [6, 6.07) is 11.4. The third-order valence-electron chi connectivity index (χ3n) is 6.10. The Morgan fingerprint density at radius 2 is 1.71 bits per heavy atom. The molecule has 1 aromatic heterocycles. The number of benzene rings is 1. The van der Waals surface area contributed by atoms with Crippen LogP contribution in [0.25, 0.3) is 0 Å². The van der Waals surface area contributed by atoms with Gasteiger partial charge in [-0.3, -0.25) is 9.78 Å². The number of piperidine rings is 2. The summed E-state index contributed by atoms with van der Waals surface area (Å²) in [6.07, 6.45) is -1.07. The molecule has 2 bridgehead atoms. The number of aromatic nitrogens is 1. The van der Waals surface area contributed by atoms with Crippen LogP contribution in [0, 0.1) is 5.92 Å². The Labute approximate surface area is 178 Å². The van der Waals surface area contributed by atoms with E-state index in [2.05, 4.69) is 4.98 Å². The number of rotatable bonds is 4. The molecule has 0 saturated carbocycles. The van der Waals surface area contributed by atoms with Crippen LogP contribution in [0.3, 0.4) is 0 Å². The molecule has 2 aliphatic heterocycles. The lowest BCUT2D eigenvalue weighted by atomic mass is 9.75. The molecular weight excluding hydrogens is 409 g/mol. The molecule has 1 amide bonds. The van der Waals surface area contributed by atoms with Crippen molar-refractivity contribution in [3.05, 3.63) is 65.5 Å². The summed E-state index contributed by atoms with van der Waals surface area (Å²) < 4.78 is 45.4. The Hall–Kier alpha value is -2.90. The van der Waals surface area contributed by atoms with Crippen molar-refractivity contribution in [2.45, 2.75) is 57.0 Å². The van der Waals surface area contributed by atoms with Gasteiger partial charge < -0.3 is 9.64 Å². The number of hydrogen-bond acceptors (Lipinski definition) is 4. The van der Waals surface area contributed by atoms with Gasteiger partial charge in [-0.1, -0.05) is 30.3 Å². The number of ether oxygens (including phenoxy) is 1. The largest absolute Gasteiger partial charge is 0.445 e. The minimum absolute atomic E-state index is 0.155. The standard InChI is InChI=1S/C23H23F3N2O3/c24-23(25,26)21-19(10-5-11-27-21)20(29)16-12-17-8-4-9-18(13-16)28(17)22(30)31-14-15-6-2-1-3-7-15/h1-3,5-7,10-11,16-18H,4,8-9,12-14H2. The third kappa shape index (κ3) is 4.57. The summed E-state index contributed by atoms with van der Waals surface area (Å²) in [6.45, 7) is 0.155. The van der Waals surface area contributed by atoms with E-state index >= 15 is 0 Å². The number of nitrogens with zero attached hydrogens (tertiary/aromatic N) is 2. The van der Waals surface area contributed by atoms with Crippen molar-refractivity contribution in [3.63, 3.8) is 0 Å². The lowest BCUT2D eigenvalue weighted by Gasteiger charge is -2.47. The maximum Gasteiger partial charge on any atom is 0.434 e. The maximum absolute atomic E-state index is 13.3. The van der Waals surface area contributed by atoms with Crippen LogP contribution in [0.4, 0.5) is 18.0 Å². The number of carbonyl (C=O) groups excluding carboxylic acids is 2. The molecule has 0 radical (unpaired) electrons. The topological polar surface area (TPSA) is 59.5 Å². The SMILES string of the molecule is O=C(c1cccnc1C(F)(F)F)C1CC2CCCC(C1)N2C(=O)OCc1ccccc1. The van der Waals surface area contributed by atoms with Gasteiger partial charge in [0, 0.05) is 29.8 Å². The molecular formula is C23H23F3N2O3. The zero-order valence-electron chi connectivity index (χ0n) is 16.8. The fourth-order valence-corrected chi connectivity index (χ4v) is 4.74. The number of halogens is 3. The van der Waals surface area contributed by atoms with Gasteiger partial charge in [-0.25, -0.2) is 4.79 Å². The minimum Gasteiger partial charge on any atom is -0.445 e. The minimum atomic E-state index is -4.69. The van der Waals surface area contributed by atoms with E-state index in [9.17, 15) is 22.8 Å². The van der Waals surface area contributed by atoms with Gasteiger partial charge in [0.2, 0.25) is 0 Å². The van der Waals surface area contributed by atoms with Crippen molar-refractivity contribution < 1.29 is 27.5 Å². The van der Waals surface area contributed by atoms with Crippen LogP contribution in [0.2, 0.25) is 0 Å². The number of hydrogen-bond donors (Lipinski definition) is 0. The van der Waals surface area contributed by atoms with Gasteiger partial charge in [-0.2, -0.15) is 13.2 Å². The first kappa shape index (κ1) is 21.3. The number of Topliss-reactive ketones (excluding diaryl/α,β-unsaturated/α-hetero) is 1. The van der Waals surface area contributed by atoms with E-state index in [-0.39, 0.29) is 18.7 Å². The van der Waals surface area contributed by atoms with E-state index in [4.69, 9.17) is 4.74 Å². The molecule has 0 aliphatic carbocycles. The van der Waals surface area contributed by atoms with E-state index in [1.807, 2.05) is 30.3 Å². The summed E-state index contributed by atoms with van der Waals surface area (Å²) in [7, 11) is 0. The molecule has 5 nitrogen and oxygen atoms in total. The Morgan fingerprint density at radius 1 is 1.03 bits per heavy atom. The van der Waals surface area contributed by atoms with E-state index in [1.165, 1.54) is 12.1 Å². The monoisotopic (exact) mass is 432 g/mol. The van der Waals surface area contributed by atoms with Crippen LogP contribution in [0.1, 0.15) is 53.7 Å². The second kappa shape index (κ2) is 8.69. The molecule has 3 heterocycles. The first-order valence-corrected chi connectivity index (χ1v) is 10.4. The maximum atomic E-state index is 13.3. The molecule has 2 aliphatic rings. The second-order valence-electron chi connectivity index (χ2n) is 8.12. The molecule has 4 rings (SSSR count). The van der Waals surface area contributed by atoms with E-state index < -0.39 is 35.2 Å². The first-order valence-electron chi connectivity index (χ1n) is 10.4. The normalized spacial score (nSPS) is 23.3. The fraction of sp³-hybridized carbons (Fsp3) is 0.435. The molecule has 0 spiro atoms. The summed E-state index contributed by atoms with van der Waals surface area (Å²) >= 11 is 0. The third-order valence-corrected chi connectivity index (χ3v) is 6.10. The average Bonchev–Trinajstić information content (AvgIpc) is 2.76. The van der Waals surface area contributed by atoms with Crippen molar-refractivity contribution in [1.82, 2.24) is 9.88 Å². The molecule has 2 aromatic rings. The number of ketones is 1. The lowest BCUT2D eigenvalue weighted by Crippen LogP contribution is -2.55. The number of amides is 1. The van der Waals surface area contributed by atoms with Gasteiger partial charge in [-0.05, 0) is 49.8 Å². The van der Waals surface area contributed by atoms with Crippen molar-refractivity contribution in [1.29, 1.82) is 0 Å². The predicted octanol–water partition coefficient (Wildman–Crippen LogP) is 5.25. The van der Waals surface area contributed by atoms with Crippen LogP contribution in [-0.2, 0) is 17.5 Å². The molecule has 1 aromatic carbocycles. The molecule has 8 heteroatoms. The summed E-state index contributed by atoms with van der Waals surface area (Å²) in [4.78, 5) is 30.9. The highest BCUT2D eigenvalue weighted by Gasteiger charge is 2.45. The zero-order valence-corrected chi connectivity index (χ0v) is 16.8. The number of carbonyl (C=O) groups is 2. The van der Waals surface area contributed by atoms with E-state index in [0.717, 1.165) is 18.2 Å². The second-order valence-corrected chi connectivity index (χ2v) is 8.12. The van der Waals surface area contributed by atoms with Gasteiger partial charge in [0.1, 0.15) is 6.61 Å². The van der Waals surface area contributed by atoms with Crippen LogP contribution in [-0.4, -0.2) is 33.8 Å². The van der Waals surface area contributed by atoms with Gasteiger partial charge >= 0.3 is 12.3 Å². The van der Waals surface area contributed by atoms with Crippen molar-refractivity contribution in [2.24, 2.45) is 5.92 Å². The zero-order chi connectivity index (χ0) is 22.0. The van der Waals surface area contributed by atoms with Crippen molar-refractivity contribution in [2.75, 3.05) is 0 Å². The first-order chi connectivity index (χ1) is 14.8. The highest BCUT2D eigenvalue weighted by atomic mass is 19.4. The van der Waals surface area contributed by atoms with Gasteiger partial charge in [0.25, 0.3) is 0 Å². The molecule has 2 saturated heterocycles. The van der Waals surface area contributed by atoms with Crippen LogP contribution < -0.4 is 0 Å². The van der Waals surface area contributed by atoms with Crippen LogP contribution in [0.5, 0.6) is 0 Å². The van der Waals surface area contributed by atoms with Crippen LogP contribution in [0.15, 0.2) is 48.7 Å². The Kier molecular flexibility index (Phi) is 5.98. The molecule has 164 valence electrons. The number of alkyl halides is 3. The molecule has 2 fully saturated rings. The Bertz CT molecular complexity index is 935. The van der Waals surface area contributed by atoms with Gasteiger partial charge in [0.05, 0.1) is 0 Å². The Balaban J connectivity index is 1.47. The van der Waals surface area contributed by atoms with Gasteiger partial charge in [-0.15, -0.1) is 0 Å². The average molecular weight is 432 g/mol. The van der Waals surface area contributed by atoms with Crippen molar-refractivity contribution in [3.8, 4) is 0 Å². The number of fused-ring (bicyclic) bond motifs is 2. The summed E-state index contributed by atoms with van der Waals surface area (Å²) in [5, 5.41) is 0. The van der Waals surface area contributed by atoms with E-state index in [1.54, 1.807) is 4.90 Å². The highest BCUT2D eigenvalue weighted by molar-refractivity contribution is 5.99. The summed E-state index contributed by atoms with van der Waals surface area (Å²) in [5.41, 5.74) is -0.657. The van der Waals surface area contributed by atoms with E-state index in [0.29, 0.717) is 25.7 Å². The molecule has 0 N–H and O–H groups in total. The van der Waals surface area contributed by atoms with Gasteiger partial charge in [0.15, 0.2) is 11.5 Å². The van der Waals surface area contributed by atoms with Crippen LogP contribution >= 0.6 is 0 Å².